The van der Waals surface area contributed by atoms with E-state index < -0.39 is 12.3 Å². The Morgan fingerprint density at radius 1 is 1.00 bits per heavy atom. The Morgan fingerprint density at radius 2 is 1.44 bits per heavy atom. The minimum Gasteiger partial charge on any atom is -0.247 e. The molecular formula is C6H9BrF2. The average molecular weight is 199 g/mol. The van der Waals surface area contributed by atoms with Gasteiger partial charge in [0, 0.05) is 11.2 Å². The number of hydrogen-bond donors (Lipinski definition) is 0. The lowest BCUT2D eigenvalue weighted by Crippen LogP contribution is -2.24. The fourth-order valence-corrected chi connectivity index (χ4v) is 1.93. The summed E-state index contributed by atoms with van der Waals surface area (Å²) in [6.45, 7) is 0. The quantitative estimate of drug-likeness (QED) is 0.526. The van der Waals surface area contributed by atoms with Crippen LogP contribution in [0.2, 0.25) is 0 Å². The predicted molar refractivity (Wildman–Crippen MR) is 36.4 cm³/mol. The zero-order valence-corrected chi connectivity index (χ0v) is 6.57. The second kappa shape index (κ2) is 2.95. The number of halogens is 3. The lowest BCUT2D eigenvalue weighted by atomic mass is 9.97. The SMILES string of the molecule is FC1CC(F)CC(Br)C1. The molecule has 1 fully saturated rings. The number of alkyl halides is 3. The van der Waals surface area contributed by atoms with Gasteiger partial charge in [0.15, 0.2) is 0 Å². The molecule has 1 aliphatic rings. The Morgan fingerprint density at radius 3 is 1.78 bits per heavy atom. The van der Waals surface area contributed by atoms with Crippen LogP contribution < -0.4 is 0 Å². The van der Waals surface area contributed by atoms with Gasteiger partial charge >= 0.3 is 0 Å². The van der Waals surface area contributed by atoms with Gasteiger partial charge in [-0.15, -0.1) is 0 Å². The minimum atomic E-state index is -0.932. The molecule has 0 spiro atoms. The van der Waals surface area contributed by atoms with E-state index in [4.69, 9.17) is 0 Å². The van der Waals surface area contributed by atoms with Crippen LogP contribution in [0, 0.1) is 0 Å². The monoisotopic (exact) mass is 198 g/mol. The Balaban J connectivity index is 2.34. The first-order valence-corrected chi connectivity index (χ1v) is 4.02. The van der Waals surface area contributed by atoms with E-state index in [0.717, 1.165) is 0 Å². The zero-order valence-electron chi connectivity index (χ0n) is 4.99. The molecule has 1 saturated carbocycles. The van der Waals surface area contributed by atoms with Gasteiger partial charge in [0.25, 0.3) is 0 Å². The largest absolute Gasteiger partial charge is 0.247 e. The van der Waals surface area contributed by atoms with Gasteiger partial charge in [-0.05, 0) is 12.8 Å². The fourth-order valence-electron chi connectivity index (χ4n) is 1.12. The molecule has 2 unspecified atom stereocenters. The van der Waals surface area contributed by atoms with E-state index in [1.807, 2.05) is 0 Å². The summed E-state index contributed by atoms with van der Waals surface area (Å²) < 4.78 is 24.8. The molecular weight excluding hydrogens is 190 g/mol. The summed E-state index contributed by atoms with van der Waals surface area (Å²) in [4.78, 5) is 0.0521. The summed E-state index contributed by atoms with van der Waals surface area (Å²) in [5.41, 5.74) is 0. The molecule has 54 valence electrons. The van der Waals surface area contributed by atoms with E-state index in [0.29, 0.717) is 12.8 Å². The molecule has 1 rings (SSSR count). The molecule has 0 nitrogen and oxygen atoms in total. The van der Waals surface area contributed by atoms with E-state index in [1.165, 1.54) is 0 Å². The van der Waals surface area contributed by atoms with Crippen molar-refractivity contribution in [3.8, 4) is 0 Å². The third-order valence-electron chi connectivity index (χ3n) is 1.53. The van der Waals surface area contributed by atoms with Gasteiger partial charge in [-0.25, -0.2) is 8.78 Å². The van der Waals surface area contributed by atoms with Crippen molar-refractivity contribution in [1.82, 2.24) is 0 Å². The van der Waals surface area contributed by atoms with E-state index in [-0.39, 0.29) is 11.2 Å². The third-order valence-corrected chi connectivity index (χ3v) is 2.28. The van der Waals surface area contributed by atoms with Gasteiger partial charge in [0.05, 0.1) is 0 Å². The standard InChI is InChI=1S/C6H9BrF2/c7-4-1-5(8)3-6(9)2-4/h4-6H,1-3H2. The maximum absolute atomic E-state index is 12.4. The van der Waals surface area contributed by atoms with E-state index in [9.17, 15) is 8.78 Å². The second-order valence-corrected chi connectivity index (χ2v) is 3.79. The van der Waals surface area contributed by atoms with Gasteiger partial charge in [0.1, 0.15) is 12.3 Å². The first-order valence-electron chi connectivity index (χ1n) is 3.10. The summed E-state index contributed by atoms with van der Waals surface area (Å²) >= 11 is 3.19. The summed E-state index contributed by atoms with van der Waals surface area (Å²) in [5, 5.41) is 0. The molecule has 2 atom stereocenters. The van der Waals surface area contributed by atoms with Crippen LogP contribution in [0.3, 0.4) is 0 Å². The highest BCUT2D eigenvalue weighted by atomic mass is 79.9. The van der Waals surface area contributed by atoms with Crippen molar-refractivity contribution in [2.45, 2.75) is 36.4 Å². The first kappa shape index (κ1) is 7.45. The van der Waals surface area contributed by atoms with Crippen LogP contribution in [0.1, 0.15) is 19.3 Å². The summed E-state index contributed by atoms with van der Waals surface area (Å²) in [6, 6.07) is 0. The first-order chi connectivity index (χ1) is 4.18. The molecule has 0 amide bonds. The zero-order chi connectivity index (χ0) is 6.85. The lowest BCUT2D eigenvalue weighted by molar-refractivity contribution is 0.164. The van der Waals surface area contributed by atoms with Crippen molar-refractivity contribution in [2.24, 2.45) is 0 Å². The topological polar surface area (TPSA) is 0 Å². The van der Waals surface area contributed by atoms with Crippen LogP contribution in [0.4, 0.5) is 8.78 Å². The second-order valence-electron chi connectivity index (χ2n) is 2.50. The van der Waals surface area contributed by atoms with Crippen LogP contribution >= 0.6 is 15.9 Å². The van der Waals surface area contributed by atoms with Crippen molar-refractivity contribution in [2.75, 3.05) is 0 Å². The normalized spacial score (nSPS) is 45.0. The third kappa shape index (κ3) is 2.20. The number of hydrogen-bond acceptors (Lipinski definition) is 0. The molecule has 0 aromatic carbocycles. The van der Waals surface area contributed by atoms with E-state index in [2.05, 4.69) is 15.9 Å². The van der Waals surface area contributed by atoms with E-state index >= 15 is 0 Å². The van der Waals surface area contributed by atoms with Crippen molar-refractivity contribution in [3.63, 3.8) is 0 Å². The molecule has 0 bridgehead atoms. The van der Waals surface area contributed by atoms with E-state index in [1.54, 1.807) is 0 Å². The molecule has 0 aromatic heterocycles. The summed E-state index contributed by atoms with van der Waals surface area (Å²) in [5.74, 6) is 0. The minimum absolute atomic E-state index is 0.0521. The molecule has 0 saturated heterocycles. The Kier molecular flexibility index (Phi) is 2.44. The molecule has 0 radical (unpaired) electrons. The highest BCUT2D eigenvalue weighted by Crippen LogP contribution is 2.28. The molecule has 0 aliphatic heterocycles. The van der Waals surface area contributed by atoms with Crippen molar-refractivity contribution in [1.29, 1.82) is 0 Å². The van der Waals surface area contributed by atoms with Crippen LogP contribution in [-0.4, -0.2) is 17.2 Å². The van der Waals surface area contributed by atoms with Gasteiger partial charge in [-0.3, -0.25) is 0 Å². The molecule has 1 aliphatic carbocycles. The molecule has 3 heteroatoms. The average Bonchev–Trinajstić information content (AvgIpc) is 1.59. The molecule has 0 N–H and O–H groups in total. The lowest BCUT2D eigenvalue weighted by Gasteiger charge is -2.22. The Hall–Kier alpha value is 0.340. The van der Waals surface area contributed by atoms with Crippen LogP contribution in [-0.2, 0) is 0 Å². The van der Waals surface area contributed by atoms with Gasteiger partial charge in [-0.2, -0.15) is 0 Å². The van der Waals surface area contributed by atoms with Gasteiger partial charge in [-0.1, -0.05) is 15.9 Å². The maximum Gasteiger partial charge on any atom is 0.104 e. The molecule has 0 heterocycles. The summed E-state index contributed by atoms with van der Waals surface area (Å²) in [6.07, 6.45) is -0.820. The predicted octanol–water partition coefficient (Wildman–Crippen LogP) is 2.61. The van der Waals surface area contributed by atoms with Gasteiger partial charge in [0.2, 0.25) is 0 Å². The van der Waals surface area contributed by atoms with Gasteiger partial charge < -0.3 is 0 Å². The Bertz CT molecular complexity index is 72.0. The van der Waals surface area contributed by atoms with Crippen molar-refractivity contribution in [3.05, 3.63) is 0 Å². The Labute approximate surface area is 61.8 Å². The highest BCUT2D eigenvalue weighted by Gasteiger charge is 2.26. The smallest absolute Gasteiger partial charge is 0.104 e. The summed E-state index contributed by atoms with van der Waals surface area (Å²) in [7, 11) is 0. The van der Waals surface area contributed by atoms with Crippen molar-refractivity contribution < 1.29 is 8.78 Å². The highest BCUT2D eigenvalue weighted by molar-refractivity contribution is 9.09. The van der Waals surface area contributed by atoms with Crippen molar-refractivity contribution >= 4 is 15.9 Å². The molecule has 9 heavy (non-hydrogen) atoms. The van der Waals surface area contributed by atoms with Crippen LogP contribution in [0.25, 0.3) is 0 Å². The van der Waals surface area contributed by atoms with Crippen LogP contribution in [0.15, 0.2) is 0 Å². The fraction of sp³-hybridized carbons (Fsp3) is 1.00. The maximum atomic E-state index is 12.4. The number of rotatable bonds is 0. The van der Waals surface area contributed by atoms with Crippen LogP contribution in [0.5, 0.6) is 0 Å². The molecule has 0 aromatic rings.